The molecule has 142 valence electrons. The summed E-state index contributed by atoms with van der Waals surface area (Å²) in [5.74, 6) is 0.474. The number of amides is 2. The van der Waals surface area contributed by atoms with Crippen LogP contribution in [-0.4, -0.2) is 34.6 Å². The highest BCUT2D eigenvalue weighted by Crippen LogP contribution is 2.27. The molecule has 6 heteroatoms. The van der Waals surface area contributed by atoms with Crippen LogP contribution in [0.25, 0.3) is 11.3 Å². The number of aryl methyl sites for hydroxylation is 1. The normalized spacial score (nSPS) is 18.7. The number of carbonyl (C=O) groups excluding carboxylic acids is 2. The SMILES string of the molecule is Cc1ccc(-c2ccc(C(=O)NC3CC(CNC(=O)C(C)C)C3)cc2)nn1. The first-order valence-corrected chi connectivity index (χ1v) is 9.41. The number of nitrogens with zero attached hydrogens (tertiary/aromatic N) is 2. The predicted molar refractivity (Wildman–Crippen MR) is 104 cm³/mol. The van der Waals surface area contributed by atoms with E-state index in [-0.39, 0.29) is 23.8 Å². The Morgan fingerprint density at radius 1 is 1.07 bits per heavy atom. The quantitative estimate of drug-likeness (QED) is 0.823. The molecule has 0 radical (unpaired) electrons. The molecule has 3 rings (SSSR count). The molecule has 1 heterocycles. The molecule has 27 heavy (non-hydrogen) atoms. The van der Waals surface area contributed by atoms with Crippen molar-refractivity contribution in [3.63, 3.8) is 0 Å². The van der Waals surface area contributed by atoms with E-state index < -0.39 is 0 Å². The molecular formula is C21H26N4O2. The van der Waals surface area contributed by atoms with Gasteiger partial charge in [0.05, 0.1) is 11.4 Å². The third-order valence-electron chi connectivity index (χ3n) is 4.90. The summed E-state index contributed by atoms with van der Waals surface area (Å²) in [6.07, 6.45) is 1.81. The van der Waals surface area contributed by atoms with Gasteiger partial charge in [-0.25, -0.2) is 0 Å². The first-order valence-electron chi connectivity index (χ1n) is 9.41. The lowest BCUT2D eigenvalue weighted by atomic mass is 9.80. The van der Waals surface area contributed by atoms with Crippen LogP contribution in [0, 0.1) is 18.8 Å². The molecule has 1 aromatic heterocycles. The monoisotopic (exact) mass is 366 g/mol. The standard InChI is InChI=1S/C21H26N4O2/c1-13(2)20(26)22-12-15-10-18(11-15)23-21(27)17-7-5-16(6-8-17)19-9-4-14(3)24-25-19/h4-9,13,15,18H,10-12H2,1-3H3,(H,22,26)(H,23,27). The van der Waals surface area contributed by atoms with E-state index in [1.807, 2.05) is 57.2 Å². The van der Waals surface area contributed by atoms with Crippen molar-refractivity contribution in [3.05, 3.63) is 47.7 Å². The van der Waals surface area contributed by atoms with E-state index in [2.05, 4.69) is 20.8 Å². The molecule has 0 saturated heterocycles. The van der Waals surface area contributed by atoms with Crippen molar-refractivity contribution >= 4 is 11.8 Å². The number of benzene rings is 1. The Morgan fingerprint density at radius 2 is 1.78 bits per heavy atom. The maximum atomic E-state index is 12.4. The summed E-state index contributed by atoms with van der Waals surface area (Å²) in [4.78, 5) is 24.0. The Kier molecular flexibility index (Phi) is 5.84. The second-order valence-electron chi connectivity index (χ2n) is 7.54. The number of rotatable bonds is 6. The summed E-state index contributed by atoms with van der Waals surface area (Å²) in [6.45, 7) is 6.36. The lowest BCUT2D eigenvalue weighted by molar-refractivity contribution is -0.124. The summed E-state index contributed by atoms with van der Waals surface area (Å²) in [6, 6.07) is 11.4. The zero-order valence-electron chi connectivity index (χ0n) is 16.0. The minimum atomic E-state index is -0.0637. The summed E-state index contributed by atoms with van der Waals surface area (Å²) in [5.41, 5.74) is 3.23. The van der Waals surface area contributed by atoms with Crippen LogP contribution in [0.4, 0.5) is 0 Å². The van der Waals surface area contributed by atoms with Crippen LogP contribution in [0.5, 0.6) is 0 Å². The van der Waals surface area contributed by atoms with Crippen molar-refractivity contribution in [1.82, 2.24) is 20.8 Å². The summed E-state index contributed by atoms with van der Waals surface area (Å²) >= 11 is 0. The number of nitrogens with one attached hydrogen (secondary N) is 2. The lowest BCUT2D eigenvalue weighted by Crippen LogP contribution is -2.48. The first-order chi connectivity index (χ1) is 12.9. The Labute approximate surface area is 159 Å². The molecule has 2 aromatic rings. The Morgan fingerprint density at radius 3 is 2.37 bits per heavy atom. The van der Waals surface area contributed by atoms with Crippen molar-refractivity contribution in [2.24, 2.45) is 11.8 Å². The van der Waals surface area contributed by atoms with Crippen LogP contribution < -0.4 is 10.6 Å². The van der Waals surface area contributed by atoms with Gasteiger partial charge in [0.1, 0.15) is 0 Å². The average molecular weight is 366 g/mol. The predicted octanol–water partition coefficient (Wildman–Crippen LogP) is 2.73. The van der Waals surface area contributed by atoms with Crippen molar-refractivity contribution < 1.29 is 9.59 Å². The molecule has 1 aromatic carbocycles. The fourth-order valence-corrected chi connectivity index (χ4v) is 3.08. The van der Waals surface area contributed by atoms with Gasteiger partial charge in [0.2, 0.25) is 5.91 Å². The van der Waals surface area contributed by atoms with E-state index in [1.54, 1.807) is 0 Å². The molecule has 6 nitrogen and oxygen atoms in total. The molecule has 1 aliphatic rings. The van der Waals surface area contributed by atoms with Crippen LogP contribution in [0.1, 0.15) is 42.7 Å². The van der Waals surface area contributed by atoms with E-state index in [0.29, 0.717) is 18.0 Å². The minimum Gasteiger partial charge on any atom is -0.356 e. The fourth-order valence-electron chi connectivity index (χ4n) is 3.08. The second kappa shape index (κ2) is 8.29. The van der Waals surface area contributed by atoms with Crippen molar-refractivity contribution in [1.29, 1.82) is 0 Å². The van der Waals surface area contributed by atoms with E-state index in [9.17, 15) is 9.59 Å². The molecule has 1 aliphatic carbocycles. The molecule has 0 bridgehead atoms. The highest BCUT2D eigenvalue weighted by atomic mass is 16.2. The van der Waals surface area contributed by atoms with Gasteiger partial charge in [0, 0.05) is 29.6 Å². The third-order valence-corrected chi connectivity index (χ3v) is 4.90. The summed E-state index contributed by atoms with van der Waals surface area (Å²) in [5, 5.41) is 14.2. The number of hydrogen-bond acceptors (Lipinski definition) is 4. The second-order valence-corrected chi connectivity index (χ2v) is 7.54. The van der Waals surface area contributed by atoms with Crippen LogP contribution in [0.2, 0.25) is 0 Å². The largest absolute Gasteiger partial charge is 0.356 e. The van der Waals surface area contributed by atoms with E-state index >= 15 is 0 Å². The van der Waals surface area contributed by atoms with Gasteiger partial charge in [0.25, 0.3) is 5.91 Å². The Bertz CT molecular complexity index is 794. The lowest BCUT2D eigenvalue weighted by Gasteiger charge is -2.36. The van der Waals surface area contributed by atoms with Gasteiger partial charge in [-0.15, -0.1) is 0 Å². The van der Waals surface area contributed by atoms with Gasteiger partial charge in [-0.05, 0) is 49.9 Å². The number of carbonyl (C=O) groups is 2. The van der Waals surface area contributed by atoms with E-state index in [1.165, 1.54) is 0 Å². The average Bonchev–Trinajstić information content (AvgIpc) is 2.63. The van der Waals surface area contributed by atoms with E-state index in [4.69, 9.17) is 0 Å². The fraction of sp³-hybridized carbons (Fsp3) is 0.429. The van der Waals surface area contributed by atoms with Crippen LogP contribution >= 0.6 is 0 Å². The molecule has 1 saturated carbocycles. The van der Waals surface area contributed by atoms with Crippen molar-refractivity contribution in [2.45, 2.75) is 39.7 Å². The molecule has 0 aliphatic heterocycles. The Hall–Kier alpha value is -2.76. The molecule has 1 fully saturated rings. The van der Waals surface area contributed by atoms with Gasteiger partial charge in [-0.3, -0.25) is 9.59 Å². The first kappa shape index (κ1) is 19.0. The number of hydrogen-bond donors (Lipinski definition) is 2. The highest BCUT2D eigenvalue weighted by molar-refractivity contribution is 5.94. The molecular weight excluding hydrogens is 340 g/mol. The summed E-state index contributed by atoms with van der Waals surface area (Å²) < 4.78 is 0. The Balaban J connectivity index is 1.47. The van der Waals surface area contributed by atoms with Gasteiger partial charge in [0.15, 0.2) is 0 Å². The molecule has 2 N–H and O–H groups in total. The molecule has 2 amide bonds. The van der Waals surface area contributed by atoms with Crippen molar-refractivity contribution in [2.75, 3.05) is 6.54 Å². The summed E-state index contributed by atoms with van der Waals surface area (Å²) in [7, 11) is 0. The maximum absolute atomic E-state index is 12.4. The molecule has 0 spiro atoms. The van der Waals surface area contributed by atoms with Gasteiger partial charge >= 0.3 is 0 Å². The minimum absolute atomic E-state index is 0.00874. The van der Waals surface area contributed by atoms with Gasteiger partial charge in [-0.1, -0.05) is 26.0 Å². The third kappa shape index (κ3) is 4.90. The number of aromatic nitrogens is 2. The van der Waals surface area contributed by atoms with E-state index in [0.717, 1.165) is 29.8 Å². The zero-order chi connectivity index (χ0) is 19.4. The zero-order valence-corrected chi connectivity index (χ0v) is 16.0. The van der Waals surface area contributed by atoms with Crippen molar-refractivity contribution in [3.8, 4) is 11.3 Å². The molecule has 0 unspecified atom stereocenters. The van der Waals surface area contributed by atoms with Crippen LogP contribution in [0.15, 0.2) is 36.4 Å². The highest BCUT2D eigenvalue weighted by Gasteiger charge is 2.30. The van der Waals surface area contributed by atoms with Gasteiger partial charge in [-0.2, -0.15) is 10.2 Å². The maximum Gasteiger partial charge on any atom is 0.251 e. The van der Waals surface area contributed by atoms with Gasteiger partial charge < -0.3 is 10.6 Å². The van der Waals surface area contributed by atoms with Crippen LogP contribution in [0.3, 0.4) is 0 Å². The van der Waals surface area contributed by atoms with Crippen LogP contribution in [-0.2, 0) is 4.79 Å². The topological polar surface area (TPSA) is 84.0 Å². The smallest absolute Gasteiger partial charge is 0.251 e. The molecule has 0 atom stereocenters.